The van der Waals surface area contributed by atoms with Crippen molar-refractivity contribution in [2.24, 2.45) is 0 Å². The zero-order valence-corrected chi connectivity index (χ0v) is 17.6. The second-order valence-corrected chi connectivity index (χ2v) is 7.36. The van der Waals surface area contributed by atoms with Crippen molar-refractivity contribution in [3.63, 3.8) is 0 Å². The normalized spacial score (nSPS) is 10.7. The lowest BCUT2D eigenvalue weighted by molar-refractivity contribution is -0.121. The van der Waals surface area contributed by atoms with Gasteiger partial charge in [0.1, 0.15) is 0 Å². The third-order valence-electron chi connectivity index (χ3n) is 4.97. The lowest BCUT2D eigenvalue weighted by Gasteiger charge is -2.08. The first-order chi connectivity index (χ1) is 15.7. The van der Waals surface area contributed by atoms with E-state index in [2.05, 4.69) is 17.4 Å². The number of hydrogen-bond acceptors (Lipinski definition) is 3. The maximum Gasteiger partial charge on any atom is 0.223 e. The van der Waals surface area contributed by atoms with Gasteiger partial charge in [0.25, 0.3) is 0 Å². The summed E-state index contributed by atoms with van der Waals surface area (Å²) >= 11 is 0. The number of hydrogen-bond donors (Lipinski definition) is 1. The molecular formula is C26H24FN3O2. The molecule has 0 unspecified atom stereocenters. The van der Waals surface area contributed by atoms with Crippen LogP contribution in [0.15, 0.2) is 91.1 Å². The van der Waals surface area contributed by atoms with E-state index in [0.29, 0.717) is 13.1 Å². The topological polar surface area (TPSA) is 56.1 Å². The van der Waals surface area contributed by atoms with Gasteiger partial charge in [0.05, 0.1) is 25.3 Å². The number of ether oxygens (including phenoxy) is 1. The molecule has 1 amide bonds. The van der Waals surface area contributed by atoms with Gasteiger partial charge in [-0.25, -0.2) is 4.39 Å². The predicted molar refractivity (Wildman–Crippen MR) is 122 cm³/mol. The molecule has 162 valence electrons. The first-order valence-electron chi connectivity index (χ1n) is 10.5. The highest BCUT2D eigenvalue weighted by Crippen LogP contribution is 2.22. The van der Waals surface area contributed by atoms with Gasteiger partial charge < -0.3 is 10.1 Å². The van der Waals surface area contributed by atoms with Crippen LogP contribution in [0, 0.1) is 5.82 Å². The van der Waals surface area contributed by atoms with E-state index >= 15 is 0 Å². The number of nitrogens with zero attached hydrogens (tertiary/aromatic N) is 2. The van der Waals surface area contributed by atoms with E-state index in [9.17, 15) is 9.18 Å². The Kier molecular flexibility index (Phi) is 6.92. The van der Waals surface area contributed by atoms with E-state index in [-0.39, 0.29) is 24.7 Å². The maximum absolute atomic E-state index is 13.6. The summed E-state index contributed by atoms with van der Waals surface area (Å²) in [6.07, 6.45) is 2.10. The van der Waals surface area contributed by atoms with Gasteiger partial charge in [0, 0.05) is 23.9 Å². The van der Waals surface area contributed by atoms with Crippen LogP contribution in [-0.4, -0.2) is 22.3 Å². The Bertz CT molecular complexity index is 1160. The van der Waals surface area contributed by atoms with Crippen LogP contribution in [0.4, 0.5) is 4.39 Å². The molecule has 1 N–H and O–H groups in total. The Balaban J connectivity index is 1.40. The lowest BCUT2D eigenvalue weighted by atomic mass is 10.1. The molecular weight excluding hydrogens is 405 g/mol. The van der Waals surface area contributed by atoms with Crippen LogP contribution in [0.25, 0.3) is 11.3 Å². The van der Waals surface area contributed by atoms with Gasteiger partial charge in [-0.05, 0) is 17.7 Å². The highest BCUT2D eigenvalue weighted by Gasteiger charge is 2.13. The molecule has 0 radical (unpaired) electrons. The average molecular weight is 429 g/mol. The highest BCUT2D eigenvalue weighted by molar-refractivity contribution is 5.76. The number of rotatable bonds is 9. The van der Waals surface area contributed by atoms with E-state index in [4.69, 9.17) is 9.84 Å². The Morgan fingerprint density at radius 1 is 0.938 bits per heavy atom. The van der Waals surface area contributed by atoms with Crippen LogP contribution in [0.3, 0.4) is 0 Å². The molecule has 0 aliphatic carbocycles. The number of para-hydroxylation sites is 1. The molecule has 5 nitrogen and oxygen atoms in total. The maximum atomic E-state index is 13.6. The van der Waals surface area contributed by atoms with E-state index in [1.165, 1.54) is 6.07 Å². The van der Waals surface area contributed by atoms with Crippen molar-refractivity contribution in [1.82, 2.24) is 15.1 Å². The Labute approximate surface area is 186 Å². The number of benzene rings is 3. The van der Waals surface area contributed by atoms with E-state index < -0.39 is 5.82 Å². The van der Waals surface area contributed by atoms with Crippen LogP contribution < -0.4 is 10.1 Å². The minimum Gasteiger partial charge on any atom is -0.490 e. The first-order valence-corrected chi connectivity index (χ1v) is 10.5. The van der Waals surface area contributed by atoms with Crippen LogP contribution in [-0.2, 0) is 17.9 Å². The average Bonchev–Trinajstić information content (AvgIpc) is 3.23. The summed E-state index contributed by atoms with van der Waals surface area (Å²) in [6, 6.07) is 26.2. The molecule has 1 aromatic heterocycles. The summed E-state index contributed by atoms with van der Waals surface area (Å²) in [5.41, 5.74) is 3.90. The molecule has 0 fully saturated rings. The van der Waals surface area contributed by atoms with Gasteiger partial charge in [-0.15, -0.1) is 0 Å². The van der Waals surface area contributed by atoms with Gasteiger partial charge in [-0.3, -0.25) is 9.48 Å². The Morgan fingerprint density at radius 2 is 1.62 bits per heavy atom. The third-order valence-corrected chi connectivity index (χ3v) is 4.97. The molecule has 1 heterocycles. The second kappa shape index (κ2) is 10.4. The van der Waals surface area contributed by atoms with Gasteiger partial charge in [0.2, 0.25) is 5.91 Å². The van der Waals surface area contributed by atoms with Crippen molar-refractivity contribution in [2.45, 2.75) is 19.5 Å². The molecule has 0 spiro atoms. The van der Waals surface area contributed by atoms with Crippen LogP contribution in [0.2, 0.25) is 0 Å². The third kappa shape index (κ3) is 5.60. The largest absolute Gasteiger partial charge is 0.490 e. The fourth-order valence-corrected chi connectivity index (χ4v) is 3.38. The number of carbonyl (C=O) groups excluding carboxylic acids is 1. The van der Waals surface area contributed by atoms with Crippen LogP contribution in [0.5, 0.6) is 5.75 Å². The second-order valence-electron chi connectivity index (χ2n) is 7.36. The van der Waals surface area contributed by atoms with Gasteiger partial charge >= 0.3 is 0 Å². The van der Waals surface area contributed by atoms with Crippen LogP contribution >= 0.6 is 0 Å². The standard InChI is InChI=1S/C26H24FN3O2/c27-23-13-7-8-14-24(23)32-16-15-25(31)28-17-22-19-30(18-20-9-3-1-4-10-20)29-26(22)21-11-5-2-6-12-21/h1-14,19H,15-18H2,(H,28,31). The molecule has 6 heteroatoms. The van der Waals surface area contributed by atoms with E-state index in [1.807, 2.05) is 59.4 Å². The summed E-state index contributed by atoms with van der Waals surface area (Å²) < 4.78 is 20.9. The zero-order chi connectivity index (χ0) is 22.2. The smallest absolute Gasteiger partial charge is 0.223 e. The lowest BCUT2D eigenvalue weighted by Crippen LogP contribution is -2.24. The predicted octanol–water partition coefficient (Wildman–Crippen LogP) is 4.82. The van der Waals surface area contributed by atoms with Gasteiger partial charge in [-0.2, -0.15) is 5.10 Å². The number of carbonyl (C=O) groups is 1. The Morgan fingerprint density at radius 3 is 2.38 bits per heavy atom. The van der Waals surface area contributed by atoms with E-state index in [0.717, 1.165) is 22.4 Å². The summed E-state index contributed by atoms with van der Waals surface area (Å²) in [5, 5.41) is 7.69. The van der Waals surface area contributed by atoms with Crippen molar-refractivity contribution in [2.75, 3.05) is 6.61 Å². The quantitative estimate of drug-likeness (QED) is 0.415. The summed E-state index contributed by atoms with van der Waals surface area (Å²) in [5.74, 6) is -0.462. The highest BCUT2D eigenvalue weighted by atomic mass is 19.1. The summed E-state index contributed by atoms with van der Waals surface area (Å²) in [6.45, 7) is 1.09. The molecule has 3 aromatic carbocycles. The molecule has 0 saturated heterocycles. The molecule has 32 heavy (non-hydrogen) atoms. The van der Waals surface area contributed by atoms with Crippen LogP contribution in [0.1, 0.15) is 17.5 Å². The van der Waals surface area contributed by atoms with Crippen molar-refractivity contribution in [3.8, 4) is 17.0 Å². The molecule has 4 rings (SSSR count). The fourth-order valence-electron chi connectivity index (χ4n) is 3.38. The van der Waals surface area contributed by atoms with Gasteiger partial charge in [-0.1, -0.05) is 72.8 Å². The van der Waals surface area contributed by atoms with Gasteiger partial charge in [0.15, 0.2) is 11.6 Å². The SMILES string of the molecule is O=C(CCOc1ccccc1F)NCc1cn(Cc2ccccc2)nc1-c1ccccc1. The number of nitrogens with one attached hydrogen (secondary N) is 1. The minimum atomic E-state index is -0.439. The minimum absolute atomic E-state index is 0.103. The van der Waals surface area contributed by atoms with Crippen molar-refractivity contribution in [3.05, 3.63) is 108 Å². The van der Waals surface area contributed by atoms with Crippen molar-refractivity contribution < 1.29 is 13.9 Å². The molecule has 0 aliphatic rings. The number of halogens is 1. The van der Waals surface area contributed by atoms with Crippen molar-refractivity contribution >= 4 is 5.91 Å². The fraction of sp³-hybridized carbons (Fsp3) is 0.154. The molecule has 0 aliphatic heterocycles. The Hall–Kier alpha value is -3.93. The monoisotopic (exact) mass is 429 g/mol. The number of aromatic nitrogens is 2. The molecule has 0 saturated carbocycles. The summed E-state index contributed by atoms with van der Waals surface area (Å²) in [4.78, 5) is 12.3. The molecule has 4 aromatic rings. The zero-order valence-electron chi connectivity index (χ0n) is 17.6. The molecule has 0 atom stereocenters. The summed E-state index contributed by atoms with van der Waals surface area (Å²) in [7, 11) is 0. The molecule has 0 bridgehead atoms. The first kappa shape index (κ1) is 21.3. The van der Waals surface area contributed by atoms with E-state index in [1.54, 1.807) is 18.2 Å². The number of amides is 1. The van der Waals surface area contributed by atoms with Crippen molar-refractivity contribution in [1.29, 1.82) is 0 Å².